The topological polar surface area (TPSA) is 36.4 Å². The maximum Gasteiger partial charge on any atom is 0.185 e. The SMILES string of the molecule is CCc1csc(N2CCC[C@H](O)C2)n1. The van der Waals surface area contributed by atoms with Gasteiger partial charge in [-0.1, -0.05) is 6.92 Å². The van der Waals surface area contributed by atoms with Crippen molar-refractivity contribution in [2.75, 3.05) is 18.0 Å². The second-order valence-electron chi connectivity index (χ2n) is 3.72. The van der Waals surface area contributed by atoms with Crippen molar-refractivity contribution in [3.05, 3.63) is 11.1 Å². The van der Waals surface area contributed by atoms with E-state index in [-0.39, 0.29) is 6.10 Å². The zero-order chi connectivity index (χ0) is 9.97. The molecule has 78 valence electrons. The minimum Gasteiger partial charge on any atom is -0.391 e. The van der Waals surface area contributed by atoms with Gasteiger partial charge in [0.2, 0.25) is 0 Å². The highest BCUT2D eigenvalue weighted by Gasteiger charge is 2.19. The molecule has 1 aliphatic rings. The van der Waals surface area contributed by atoms with Gasteiger partial charge in [-0.25, -0.2) is 4.98 Å². The summed E-state index contributed by atoms with van der Waals surface area (Å²) in [4.78, 5) is 6.71. The fourth-order valence-corrected chi connectivity index (χ4v) is 2.68. The van der Waals surface area contributed by atoms with E-state index in [2.05, 4.69) is 22.2 Å². The summed E-state index contributed by atoms with van der Waals surface area (Å²) in [6.45, 7) is 3.90. The van der Waals surface area contributed by atoms with E-state index in [9.17, 15) is 5.11 Å². The maximum atomic E-state index is 9.54. The van der Waals surface area contributed by atoms with Crippen molar-refractivity contribution in [2.24, 2.45) is 0 Å². The van der Waals surface area contributed by atoms with Crippen molar-refractivity contribution in [1.82, 2.24) is 4.98 Å². The van der Waals surface area contributed by atoms with Crippen LogP contribution < -0.4 is 4.90 Å². The average Bonchev–Trinajstić information content (AvgIpc) is 2.66. The Kier molecular flexibility index (Phi) is 3.03. The van der Waals surface area contributed by atoms with Gasteiger partial charge in [0.25, 0.3) is 0 Å². The third kappa shape index (κ3) is 2.07. The summed E-state index contributed by atoms with van der Waals surface area (Å²) in [5.41, 5.74) is 1.16. The van der Waals surface area contributed by atoms with Gasteiger partial charge in [0.1, 0.15) is 0 Å². The number of anilines is 1. The lowest BCUT2D eigenvalue weighted by atomic mass is 10.1. The van der Waals surface area contributed by atoms with Crippen LogP contribution >= 0.6 is 11.3 Å². The van der Waals surface area contributed by atoms with Crippen LogP contribution in [0.2, 0.25) is 0 Å². The standard InChI is InChI=1S/C10H16N2OS/c1-2-8-7-14-10(11-8)12-5-3-4-9(13)6-12/h7,9,13H,2-6H2,1H3/t9-/m0/s1. The number of aryl methyl sites for hydroxylation is 1. The van der Waals surface area contributed by atoms with Gasteiger partial charge in [0.15, 0.2) is 5.13 Å². The van der Waals surface area contributed by atoms with Crippen molar-refractivity contribution in [2.45, 2.75) is 32.3 Å². The smallest absolute Gasteiger partial charge is 0.185 e. The third-order valence-corrected chi connectivity index (χ3v) is 3.52. The first kappa shape index (κ1) is 9.93. The van der Waals surface area contributed by atoms with E-state index in [1.165, 1.54) is 0 Å². The second-order valence-corrected chi connectivity index (χ2v) is 4.55. The number of hydrogen-bond acceptors (Lipinski definition) is 4. The summed E-state index contributed by atoms with van der Waals surface area (Å²) < 4.78 is 0. The van der Waals surface area contributed by atoms with Crippen molar-refractivity contribution < 1.29 is 5.11 Å². The van der Waals surface area contributed by atoms with Crippen LogP contribution in [0.25, 0.3) is 0 Å². The second kappa shape index (κ2) is 4.28. The summed E-state index contributed by atoms with van der Waals surface area (Å²) in [5.74, 6) is 0. The molecule has 1 fully saturated rings. The molecule has 2 heterocycles. The van der Waals surface area contributed by atoms with E-state index in [1.54, 1.807) is 11.3 Å². The Hall–Kier alpha value is -0.610. The largest absolute Gasteiger partial charge is 0.391 e. The third-order valence-electron chi connectivity index (χ3n) is 2.57. The molecule has 0 bridgehead atoms. The number of piperidine rings is 1. The molecule has 0 radical (unpaired) electrons. The molecule has 0 unspecified atom stereocenters. The van der Waals surface area contributed by atoms with Crippen LogP contribution in [0.15, 0.2) is 5.38 Å². The normalized spacial score (nSPS) is 22.7. The van der Waals surface area contributed by atoms with Crippen LogP contribution in [0, 0.1) is 0 Å². The first-order valence-electron chi connectivity index (χ1n) is 5.17. The molecule has 0 spiro atoms. The highest BCUT2D eigenvalue weighted by Crippen LogP contribution is 2.24. The molecule has 1 saturated heterocycles. The summed E-state index contributed by atoms with van der Waals surface area (Å²) in [6.07, 6.45) is 2.83. The average molecular weight is 212 g/mol. The Morgan fingerprint density at radius 1 is 1.71 bits per heavy atom. The molecular formula is C10H16N2OS. The maximum absolute atomic E-state index is 9.54. The number of hydrogen-bond donors (Lipinski definition) is 1. The Balaban J connectivity index is 2.06. The van der Waals surface area contributed by atoms with E-state index < -0.39 is 0 Å². The number of thiazole rings is 1. The van der Waals surface area contributed by atoms with Gasteiger partial charge in [-0.15, -0.1) is 11.3 Å². The summed E-state index contributed by atoms with van der Waals surface area (Å²) in [6, 6.07) is 0. The molecule has 2 rings (SSSR count). The van der Waals surface area contributed by atoms with E-state index in [1.807, 2.05) is 0 Å². The van der Waals surface area contributed by atoms with Gasteiger partial charge in [-0.2, -0.15) is 0 Å². The number of rotatable bonds is 2. The van der Waals surface area contributed by atoms with Crippen LogP contribution in [0.4, 0.5) is 5.13 Å². The van der Waals surface area contributed by atoms with Crippen molar-refractivity contribution >= 4 is 16.5 Å². The van der Waals surface area contributed by atoms with Gasteiger partial charge in [0, 0.05) is 18.5 Å². The van der Waals surface area contributed by atoms with Crippen molar-refractivity contribution in [3.63, 3.8) is 0 Å². The monoisotopic (exact) mass is 212 g/mol. The molecule has 1 N–H and O–H groups in total. The Morgan fingerprint density at radius 2 is 2.57 bits per heavy atom. The lowest BCUT2D eigenvalue weighted by Gasteiger charge is -2.29. The van der Waals surface area contributed by atoms with Gasteiger partial charge in [-0.05, 0) is 19.3 Å². The lowest BCUT2D eigenvalue weighted by Crippen LogP contribution is -2.38. The molecule has 1 aromatic heterocycles. The molecule has 14 heavy (non-hydrogen) atoms. The minimum absolute atomic E-state index is 0.169. The molecule has 0 saturated carbocycles. The number of aromatic nitrogens is 1. The van der Waals surface area contributed by atoms with Crippen LogP contribution in [0.1, 0.15) is 25.5 Å². The fraction of sp³-hybridized carbons (Fsp3) is 0.700. The molecule has 0 aliphatic carbocycles. The molecule has 0 aromatic carbocycles. The number of aliphatic hydroxyl groups excluding tert-OH is 1. The lowest BCUT2D eigenvalue weighted by molar-refractivity contribution is 0.154. The van der Waals surface area contributed by atoms with Crippen LogP contribution in [-0.4, -0.2) is 29.3 Å². The quantitative estimate of drug-likeness (QED) is 0.810. The Bertz CT molecular complexity index is 300. The first-order valence-corrected chi connectivity index (χ1v) is 6.05. The van der Waals surface area contributed by atoms with Crippen LogP contribution in [-0.2, 0) is 6.42 Å². The summed E-state index contributed by atoms with van der Waals surface area (Å²) in [7, 11) is 0. The zero-order valence-electron chi connectivity index (χ0n) is 8.44. The molecule has 0 amide bonds. The fourth-order valence-electron chi connectivity index (χ4n) is 1.73. The van der Waals surface area contributed by atoms with Gasteiger partial charge >= 0.3 is 0 Å². The highest BCUT2D eigenvalue weighted by molar-refractivity contribution is 7.13. The summed E-state index contributed by atoms with van der Waals surface area (Å²) in [5, 5.41) is 12.7. The van der Waals surface area contributed by atoms with E-state index in [4.69, 9.17) is 0 Å². The predicted octanol–water partition coefficient (Wildman–Crippen LogP) is 1.67. The van der Waals surface area contributed by atoms with E-state index in [0.717, 1.165) is 43.2 Å². The first-order chi connectivity index (χ1) is 6.79. The Labute approximate surface area is 88.4 Å². The van der Waals surface area contributed by atoms with Gasteiger partial charge in [0.05, 0.1) is 11.8 Å². The zero-order valence-corrected chi connectivity index (χ0v) is 9.26. The van der Waals surface area contributed by atoms with Gasteiger partial charge < -0.3 is 10.0 Å². The highest BCUT2D eigenvalue weighted by atomic mass is 32.1. The number of β-amino-alcohol motifs (C(OH)–C–C–N with tert-alkyl or cyclic N) is 1. The van der Waals surface area contributed by atoms with E-state index in [0.29, 0.717) is 0 Å². The molecular weight excluding hydrogens is 196 g/mol. The predicted molar refractivity (Wildman–Crippen MR) is 58.9 cm³/mol. The summed E-state index contributed by atoms with van der Waals surface area (Å²) >= 11 is 1.69. The van der Waals surface area contributed by atoms with Crippen molar-refractivity contribution in [1.29, 1.82) is 0 Å². The molecule has 1 aromatic rings. The van der Waals surface area contributed by atoms with E-state index >= 15 is 0 Å². The molecule has 3 nitrogen and oxygen atoms in total. The van der Waals surface area contributed by atoms with Gasteiger partial charge in [-0.3, -0.25) is 0 Å². The number of nitrogens with zero attached hydrogens (tertiary/aromatic N) is 2. The Morgan fingerprint density at radius 3 is 3.21 bits per heavy atom. The van der Waals surface area contributed by atoms with Crippen molar-refractivity contribution in [3.8, 4) is 0 Å². The molecule has 4 heteroatoms. The number of aliphatic hydroxyl groups is 1. The molecule has 1 aliphatic heterocycles. The minimum atomic E-state index is -0.169. The molecule has 1 atom stereocenters. The van der Waals surface area contributed by atoms with Crippen LogP contribution in [0.5, 0.6) is 0 Å². The van der Waals surface area contributed by atoms with Crippen LogP contribution in [0.3, 0.4) is 0 Å².